The first kappa shape index (κ1) is 12.0. The lowest BCUT2D eigenvalue weighted by Crippen LogP contribution is -2.53. The molecule has 2 fully saturated rings. The van der Waals surface area contributed by atoms with Crippen LogP contribution >= 0.6 is 0 Å². The third-order valence-corrected chi connectivity index (χ3v) is 4.08. The molecule has 2 heterocycles. The Hall–Kier alpha value is -1.04. The van der Waals surface area contributed by atoms with E-state index in [1.807, 2.05) is 17.8 Å². The maximum Gasteiger partial charge on any atom is 0.251 e. The quantitative estimate of drug-likeness (QED) is 0.812. The fourth-order valence-electron chi connectivity index (χ4n) is 2.95. The predicted molar refractivity (Wildman–Crippen MR) is 62.6 cm³/mol. The fourth-order valence-corrected chi connectivity index (χ4v) is 2.95. The van der Waals surface area contributed by atoms with Crippen molar-refractivity contribution in [2.45, 2.75) is 50.6 Å². The highest BCUT2D eigenvalue weighted by Crippen LogP contribution is 2.41. The largest absolute Gasteiger partial charge is 0.300 e. The molecule has 6 heteroatoms. The topological polar surface area (TPSA) is 34.0 Å². The molecule has 0 unspecified atom stereocenters. The van der Waals surface area contributed by atoms with Gasteiger partial charge in [0.1, 0.15) is 0 Å². The number of likely N-dealkylation sites (tertiary alicyclic amines) is 1. The number of piperidine rings is 1. The summed E-state index contributed by atoms with van der Waals surface area (Å²) in [5, 5.41) is 8.09. The zero-order valence-electron chi connectivity index (χ0n) is 10.5. The monoisotopic (exact) mass is 256 g/mol. The highest BCUT2D eigenvalue weighted by atomic mass is 19.3. The summed E-state index contributed by atoms with van der Waals surface area (Å²) >= 11 is 0. The number of rotatable bonds is 2. The zero-order valence-corrected chi connectivity index (χ0v) is 10.5. The third kappa shape index (κ3) is 2.25. The summed E-state index contributed by atoms with van der Waals surface area (Å²) in [6.07, 6.45) is 3.99. The van der Waals surface area contributed by atoms with Crippen LogP contribution in [-0.4, -0.2) is 44.9 Å². The molecule has 1 aromatic heterocycles. The minimum absolute atomic E-state index is 0.0418. The summed E-state index contributed by atoms with van der Waals surface area (Å²) in [5.74, 6) is -2.41. The molecule has 1 aliphatic carbocycles. The molecule has 0 radical (unpaired) electrons. The van der Waals surface area contributed by atoms with Gasteiger partial charge in [-0.2, -0.15) is 0 Å². The Morgan fingerprint density at radius 1 is 1.22 bits per heavy atom. The summed E-state index contributed by atoms with van der Waals surface area (Å²) in [6.45, 7) is 3.71. The molecule has 2 aliphatic rings. The predicted octanol–water partition coefficient (Wildman–Crippen LogP) is 2.02. The lowest BCUT2D eigenvalue weighted by atomic mass is 9.85. The summed E-state index contributed by atoms with van der Waals surface area (Å²) < 4.78 is 27.6. The number of aromatic nitrogens is 3. The van der Waals surface area contributed by atoms with Crippen LogP contribution in [-0.2, 0) is 0 Å². The van der Waals surface area contributed by atoms with Crippen LogP contribution in [0.2, 0.25) is 0 Å². The van der Waals surface area contributed by atoms with Crippen molar-refractivity contribution in [1.29, 1.82) is 0 Å². The van der Waals surface area contributed by atoms with Crippen molar-refractivity contribution >= 4 is 0 Å². The smallest absolute Gasteiger partial charge is 0.251 e. The number of alkyl halides is 2. The van der Waals surface area contributed by atoms with Crippen molar-refractivity contribution in [3.8, 4) is 0 Å². The summed E-state index contributed by atoms with van der Waals surface area (Å²) in [5.41, 5.74) is 0.927. The molecule has 4 nitrogen and oxygen atoms in total. The van der Waals surface area contributed by atoms with Crippen LogP contribution in [0.15, 0.2) is 6.20 Å². The van der Waals surface area contributed by atoms with Crippen LogP contribution in [0.3, 0.4) is 0 Å². The van der Waals surface area contributed by atoms with Crippen LogP contribution in [0.5, 0.6) is 0 Å². The SMILES string of the molecule is Cc1cn(C2CCN(C3CC(F)(F)C3)CC2)nn1. The van der Waals surface area contributed by atoms with E-state index in [-0.39, 0.29) is 18.9 Å². The highest BCUT2D eigenvalue weighted by molar-refractivity contribution is 4.95. The van der Waals surface area contributed by atoms with Crippen molar-refractivity contribution in [2.24, 2.45) is 0 Å². The molecule has 3 rings (SSSR count). The molecule has 1 saturated heterocycles. The molecule has 0 bridgehead atoms. The second kappa shape index (κ2) is 4.26. The van der Waals surface area contributed by atoms with Gasteiger partial charge in [-0.05, 0) is 19.8 Å². The minimum Gasteiger partial charge on any atom is -0.300 e. The Kier molecular flexibility index (Phi) is 2.84. The normalized spacial score (nSPS) is 26.2. The van der Waals surface area contributed by atoms with E-state index in [4.69, 9.17) is 0 Å². The zero-order chi connectivity index (χ0) is 12.8. The van der Waals surface area contributed by atoms with E-state index in [9.17, 15) is 8.78 Å². The van der Waals surface area contributed by atoms with E-state index in [2.05, 4.69) is 15.2 Å². The van der Waals surface area contributed by atoms with E-state index >= 15 is 0 Å². The molecule has 1 aromatic rings. The van der Waals surface area contributed by atoms with Gasteiger partial charge in [-0.1, -0.05) is 5.21 Å². The van der Waals surface area contributed by atoms with Crippen LogP contribution in [0, 0.1) is 6.92 Å². The number of halogens is 2. The lowest BCUT2D eigenvalue weighted by Gasteiger charge is -2.45. The minimum atomic E-state index is -2.41. The van der Waals surface area contributed by atoms with Crippen LogP contribution in [0.25, 0.3) is 0 Å². The van der Waals surface area contributed by atoms with Crippen molar-refractivity contribution in [2.75, 3.05) is 13.1 Å². The summed E-state index contributed by atoms with van der Waals surface area (Å²) in [7, 11) is 0. The standard InChI is InChI=1S/C12H18F2N4/c1-9-8-18(16-15-9)10-2-4-17(5-3-10)11-6-12(13,14)7-11/h8,10-11H,2-7H2,1H3. The van der Waals surface area contributed by atoms with Gasteiger partial charge in [0.15, 0.2) is 0 Å². The van der Waals surface area contributed by atoms with Gasteiger partial charge in [0.05, 0.1) is 11.7 Å². The Morgan fingerprint density at radius 2 is 1.89 bits per heavy atom. The maximum absolute atomic E-state index is 12.8. The van der Waals surface area contributed by atoms with E-state index < -0.39 is 5.92 Å². The number of nitrogens with zero attached hydrogens (tertiary/aromatic N) is 4. The summed E-state index contributed by atoms with van der Waals surface area (Å²) in [4.78, 5) is 2.21. The van der Waals surface area contributed by atoms with Crippen molar-refractivity contribution in [3.05, 3.63) is 11.9 Å². The Morgan fingerprint density at radius 3 is 2.39 bits per heavy atom. The first-order chi connectivity index (χ1) is 8.53. The molecular weight excluding hydrogens is 238 g/mol. The van der Waals surface area contributed by atoms with Gasteiger partial charge >= 0.3 is 0 Å². The molecule has 1 aliphatic heterocycles. The average molecular weight is 256 g/mol. The Bertz CT molecular complexity index is 415. The third-order valence-electron chi connectivity index (χ3n) is 4.08. The number of aryl methyl sites for hydroxylation is 1. The highest BCUT2D eigenvalue weighted by Gasteiger charge is 2.48. The Balaban J connectivity index is 1.53. The number of hydrogen-bond acceptors (Lipinski definition) is 3. The molecule has 0 spiro atoms. The number of hydrogen-bond donors (Lipinski definition) is 0. The van der Waals surface area contributed by atoms with Crippen molar-refractivity contribution < 1.29 is 8.78 Å². The second-order valence-electron chi connectivity index (χ2n) is 5.53. The molecule has 0 N–H and O–H groups in total. The first-order valence-corrected chi connectivity index (χ1v) is 6.54. The maximum atomic E-state index is 12.8. The molecular formula is C12H18F2N4. The van der Waals surface area contributed by atoms with E-state index in [0.717, 1.165) is 31.6 Å². The van der Waals surface area contributed by atoms with E-state index in [1.165, 1.54) is 0 Å². The molecule has 100 valence electrons. The van der Waals surface area contributed by atoms with E-state index in [0.29, 0.717) is 6.04 Å². The fraction of sp³-hybridized carbons (Fsp3) is 0.833. The van der Waals surface area contributed by atoms with Crippen molar-refractivity contribution in [3.63, 3.8) is 0 Å². The van der Waals surface area contributed by atoms with Gasteiger partial charge in [-0.3, -0.25) is 4.90 Å². The van der Waals surface area contributed by atoms with Crippen LogP contribution < -0.4 is 0 Å². The molecule has 18 heavy (non-hydrogen) atoms. The van der Waals surface area contributed by atoms with Gasteiger partial charge in [0.2, 0.25) is 0 Å². The van der Waals surface area contributed by atoms with Gasteiger partial charge in [-0.25, -0.2) is 13.5 Å². The Labute approximate surface area is 105 Å². The van der Waals surface area contributed by atoms with Crippen molar-refractivity contribution in [1.82, 2.24) is 19.9 Å². The molecule has 0 aromatic carbocycles. The summed E-state index contributed by atoms with van der Waals surface area (Å²) in [6, 6.07) is 0.474. The average Bonchev–Trinajstić information content (AvgIpc) is 2.73. The molecule has 1 saturated carbocycles. The molecule has 0 atom stereocenters. The van der Waals surface area contributed by atoms with Gasteiger partial charge in [-0.15, -0.1) is 5.10 Å². The van der Waals surface area contributed by atoms with Gasteiger partial charge in [0.25, 0.3) is 5.92 Å². The van der Waals surface area contributed by atoms with Gasteiger partial charge < -0.3 is 0 Å². The lowest BCUT2D eigenvalue weighted by molar-refractivity contribution is -0.128. The van der Waals surface area contributed by atoms with E-state index in [1.54, 1.807) is 0 Å². The van der Waals surface area contributed by atoms with Gasteiger partial charge in [0, 0.05) is 38.2 Å². The first-order valence-electron chi connectivity index (χ1n) is 6.54. The molecule has 0 amide bonds. The van der Waals surface area contributed by atoms with Crippen LogP contribution in [0.4, 0.5) is 8.78 Å². The second-order valence-corrected chi connectivity index (χ2v) is 5.53. The van der Waals surface area contributed by atoms with Crippen LogP contribution in [0.1, 0.15) is 37.4 Å².